The summed E-state index contributed by atoms with van der Waals surface area (Å²) < 4.78 is 11.4. The van der Waals surface area contributed by atoms with Crippen LogP contribution in [0.2, 0.25) is 0 Å². The fraction of sp³-hybridized carbons (Fsp3) is 0.481. The summed E-state index contributed by atoms with van der Waals surface area (Å²) in [5.41, 5.74) is -0.120. The second kappa shape index (κ2) is 13.4. The number of anilines is 1. The van der Waals surface area contributed by atoms with E-state index in [-0.39, 0.29) is 37.5 Å². The van der Waals surface area contributed by atoms with Gasteiger partial charge in [-0.3, -0.25) is 23.7 Å². The molecule has 2 amide bonds. The van der Waals surface area contributed by atoms with Crippen LogP contribution in [0.3, 0.4) is 0 Å². The second-order valence-corrected chi connectivity index (χ2v) is 11.1. The van der Waals surface area contributed by atoms with Crippen LogP contribution in [0.4, 0.5) is 5.82 Å². The highest BCUT2D eigenvalue weighted by Crippen LogP contribution is 2.20. The third kappa shape index (κ3) is 8.01. The van der Waals surface area contributed by atoms with E-state index in [1.807, 2.05) is 0 Å². The molecule has 0 aliphatic rings. The zero-order valence-corrected chi connectivity index (χ0v) is 24.1. The van der Waals surface area contributed by atoms with Crippen molar-refractivity contribution in [2.24, 2.45) is 5.41 Å². The topological polar surface area (TPSA) is 161 Å². The van der Waals surface area contributed by atoms with Crippen LogP contribution in [0.1, 0.15) is 62.7 Å². The molecule has 0 radical (unpaired) electrons. The summed E-state index contributed by atoms with van der Waals surface area (Å²) in [7, 11) is 0. The predicted octanol–water partition coefficient (Wildman–Crippen LogP) is 3.02. The highest BCUT2D eigenvalue weighted by atomic mass is 32.1. The van der Waals surface area contributed by atoms with E-state index >= 15 is 0 Å². The lowest BCUT2D eigenvalue weighted by atomic mass is 9.96. The molecule has 3 heterocycles. The first-order valence-corrected chi connectivity index (χ1v) is 13.9. The summed E-state index contributed by atoms with van der Waals surface area (Å²) >= 11 is 1.35. The average Bonchev–Trinajstić information content (AvgIpc) is 3.53. The van der Waals surface area contributed by atoms with Gasteiger partial charge in [0, 0.05) is 28.6 Å². The van der Waals surface area contributed by atoms with Gasteiger partial charge in [0.05, 0.1) is 30.5 Å². The number of thiophene rings is 1. The number of aromatic amines is 1. The van der Waals surface area contributed by atoms with E-state index in [4.69, 9.17) is 9.47 Å². The number of hydrogen-bond donors (Lipinski definition) is 3. The van der Waals surface area contributed by atoms with E-state index in [1.165, 1.54) is 22.2 Å². The molecule has 0 bridgehead atoms. The summed E-state index contributed by atoms with van der Waals surface area (Å²) in [5.74, 6) is -1.35. The SMILES string of the molecule is CCOC(=O)CC[C@H](NC(=O)c1csc(CCn2cnc3[nH]c(NC(=O)C(C)(C)C)cc3c2=O)c1)C(=O)OCC. The lowest BCUT2D eigenvalue weighted by Crippen LogP contribution is -2.42. The smallest absolute Gasteiger partial charge is 0.328 e. The Morgan fingerprint density at radius 1 is 1.12 bits per heavy atom. The van der Waals surface area contributed by atoms with Crippen molar-refractivity contribution in [1.82, 2.24) is 19.9 Å². The average molecular weight is 574 g/mol. The normalized spacial score (nSPS) is 12.1. The van der Waals surface area contributed by atoms with Crippen molar-refractivity contribution in [2.75, 3.05) is 18.5 Å². The minimum atomic E-state index is -0.990. The molecule has 0 aliphatic heterocycles. The van der Waals surface area contributed by atoms with Gasteiger partial charge in [0.2, 0.25) is 5.91 Å². The van der Waals surface area contributed by atoms with Crippen LogP contribution in [0.5, 0.6) is 0 Å². The lowest BCUT2D eigenvalue weighted by Gasteiger charge is -2.16. The molecule has 0 spiro atoms. The molecular weight excluding hydrogens is 538 g/mol. The monoisotopic (exact) mass is 573 g/mol. The van der Waals surface area contributed by atoms with Crippen molar-refractivity contribution in [2.45, 2.75) is 66.5 Å². The van der Waals surface area contributed by atoms with E-state index in [0.717, 1.165) is 4.88 Å². The molecule has 0 fully saturated rings. The number of aryl methyl sites for hydroxylation is 2. The van der Waals surface area contributed by atoms with Crippen molar-refractivity contribution in [3.8, 4) is 0 Å². The van der Waals surface area contributed by atoms with Gasteiger partial charge in [-0.2, -0.15) is 0 Å². The molecular formula is C27H35N5O7S. The third-order valence-electron chi connectivity index (χ3n) is 5.88. The van der Waals surface area contributed by atoms with Crippen molar-refractivity contribution < 1.29 is 28.7 Å². The van der Waals surface area contributed by atoms with E-state index in [1.54, 1.807) is 52.1 Å². The Hall–Kier alpha value is -4.00. The largest absolute Gasteiger partial charge is 0.466 e. The summed E-state index contributed by atoms with van der Waals surface area (Å²) in [6.45, 7) is 9.42. The molecule has 0 saturated carbocycles. The molecule has 3 aromatic rings. The first kappa shape index (κ1) is 30.5. The van der Waals surface area contributed by atoms with E-state index < -0.39 is 29.3 Å². The highest BCUT2D eigenvalue weighted by Gasteiger charge is 2.25. The van der Waals surface area contributed by atoms with Crippen molar-refractivity contribution in [3.05, 3.63) is 44.6 Å². The summed E-state index contributed by atoms with van der Waals surface area (Å²) in [5, 5.41) is 7.43. The van der Waals surface area contributed by atoms with Gasteiger partial charge in [0.25, 0.3) is 11.5 Å². The maximum absolute atomic E-state index is 13.0. The number of H-pyrrole nitrogens is 1. The number of ether oxygens (including phenoxy) is 2. The molecule has 3 aromatic heterocycles. The fourth-order valence-electron chi connectivity index (χ4n) is 3.67. The number of nitrogens with one attached hydrogen (secondary N) is 3. The predicted molar refractivity (Wildman–Crippen MR) is 150 cm³/mol. The number of esters is 2. The zero-order valence-electron chi connectivity index (χ0n) is 23.3. The number of amides is 2. The van der Waals surface area contributed by atoms with Gasteiger partial charge >= 0.3 is 11.9 Å². The first-order chi connectivity index (χ1) is 18.9. The van der Waals surface area contributed by atoms with Crippen LogP contribution in [-0.2, 0) is 36.8 Å². The lowest BCUT2D eigenvalue weighted by molar-refractivity contribution is -0.146. The van der Waals surface area contributed by atoms with Crippen LogP contribution in [0, 0.1) is 5.41 Å². The van der Waals surface area contributed by atoms with Crippen molar-refractivity contribution in [1.29, 1.82) is 0 Å². The molecule has 0 aromatic carbocycles. The third-order valence-corrected chi connectivity index (χ3v) is 6.87. The van der Waals surface area contributed by atoms with Gasteiger partial charge in [-0.25, -0.2) is 9.78 Å². The van der Waals surface area contributed by atoms with E-state index in [2.05, 4.69) is 20.6 Å². The van der Waals surface area contributed by atoms with Gasteiger partial charge in [-0.1, -0.05) is 20.8 Å². The van der Waals surface area contributed by atoms with Crippen LogP contribution in [-0.4, -0.2) is 57.5 Å². The Balaban J connectivity index is 1.64. The number of aromatic nitrogens is 3. The maximum Gasteiger partial charge on any atom is 0.328 e. The number of hydrogen-bond acceptors (Lipinski definition) is 9. The van der Waals surface area contributed by atoms with Crippen LogP contribution in [0.15, 0.2) is 28.6 Å². The Kier molecular flexibility index (Phi) is 10.2. The van der Waals surface area contributed by atoms with Crippen LogP contribution < -0.4 is 16.2 Å². The number of fused-ring (bicyclic) bond motifs is 1. The molecule has 0 saturated heterocycles. The minimum absolute atomic E-state index is 0.0365. The van der Waals surface area contributed by atoms with Gasteiger partial charge in [0.15, 0.2) is 0 Å². The maximum atomic E-state index is 13.0. The van der Waals surface area contributed by atoms with Crippen LogP contribution >= 0.6 is 11.3 Å². The summed E-state index contributed by atoms with van der Waals surface area (Å²) in [4.78, 5) is 70.3. The summed E-state index contributed by atoms with van der Waals surface area (Å²) in [6, 6.07) is 2.28. The van der Waals surface area contributed by atoms with Gasteiger partial charge < -0.3 is 25.1 Å². The quantitative estimate of drug-likeness (QED) is 0.279. The van der Waals surface area contributed by atoms with Crippen molar-refractivity contribution in [3.63, 3.8) is 0 Å². The molecule has 0 unspecified atom stereocenters. The molecule has 3 N–H and O–H groups in total. The Labute approximate surface area is 235 Å². The minimum Gasteiger partial charge on any atom is -0.466 e. The van der Waals surface area contributed by atoms with Crippen molar-refractivity contribution >= 4 is 51.9 Å². The number of nitrogens with zero attached hydrogens (tertiary/aromatic N) is 2. The molecule has 3 rings (SSSR count). The number of carbonyl (C=O) groups is 4. The highest BCUT2D eigenvalue weighted by molar-refractivity contribution is 7.10. The molecule has 216 valence electrons. The van der Waals surface area contributed by atoms with Crippen LogP contribution in [0.25, 0.3) is 11.0 Å². The number of rotatable bonds is 12. The molecule has 12 nitrogen and oxygen atoms in total. The molecule has 0 aliphatic carbocycles. The van der Waals surface area contributed by atoms with E-state index in [9.17, 15) is 24.0 Å². The zero-order chi connectivity index (χ0) is 29.4. The summed E-state index contributed by atoms with van der Waals surface area (Å²) in [6.07, 6.45) is 1.92. The Morgan fingerprint density at radius 3 is 2.52 bits per heavy atom. The molecule has 40 heavy (non-hydrogen) atoms. The van der Waals surface area contributed by atoms with Gasteiger partial charge in [0.1, 0.15) is 17.5 Å². The molecule has 1 atom stereocenters. The second-order valence-electron chi connectivity index (χ2n) is 10.1. The first-order valence-electron chi connectivity index (χ1n) is 13.0. The number of carbonyl (C=O) groups excluding carboxylic acids is 4. The Morgan fingerprint density at radius 2 is 1.85 bits per heavy atom. The molecule has 13 heteroatoms. The van der Waals surface area contributed by atoms with E-state index in [0.29, 0.717) is 35.4 Å². The standard InChI is InChI=1S/C27H35N5O7S/c1-6-38-21(33)9-8-19(25(36)39-7-2)29-23(34)16-12-17(40-14-16)10-11-32-15-28-22-18(24(32)35)13-20(30-22)31-26(37)27(3,4)5/h12-15,19,30H,6-11H2,1-5H3,(H,29,34)(H,31,37)/t19-/m0/s1. The van der Waals surface area contributed by atoms with Gasteiger partial charge in [-0.15, -0.1) is 11.3 Å². The van der Waals surface area contributed by atoms with Gasteiger partial charge in [-0.05, 0) is 38.8 Å². The Bertz CT molecular complexity index is 1430. The fourth-order valence-corrected chi connectivity index (χ4v) is 4.53.